The Bertz CT molecular complexity index is 674. The number of carbonyl (C=O) groups is 1. The van der Waals surface area contributed by atoms with Crippen LogP contribution >= 0.6 is 0 Å². The van der Waals surface area contributed by atoms with Gasteiger partial charge in [-0.2, -0.15) is 0 Å². The largest absolute Gasteiger partial charge is 0.373 e. The van der Waals surface area contributed by atoms with Crippen molar-refractivity contribution in [3.05, 3.63) is 29.3 Å². The highest BCUT2D eigenvalue weighted by atomic mass is 16.5. The summed E-state index contributed by atoms with van der Waals surface area (Å²) in [5.41, 5.74) is 3.46. The van der Waals surface area contributed by atoms with Crippen molar-refractivity contribution < 1.29 is 9.53 Å². The van der Waals surface area contributed by atoms with Crippen LogP contribution in [0, 0.1) is 5.92 Å². The van der Waals surface area contributed by atoms with Crippen molar-refractivity contribution in [1.29, 1.82) is 0 Å². The normalized spacial score (nSPS) is 23.9. The van der Waals surface area contributed by atoms with Crippen molar-refractivity contribution in [2.24, 2.45) is 5.92 Å². The minimum Gasteiger partial charge on any atom is -0.373 e. The van der Waals surface area contributed by atoms with Gasteiger partial charge in [-0.3, -0.25) is 4.90 Å². The Hall–Kier alpha value is -1.59. The van der Waals surface area contributed by atoms with E-state index in [1.165, 1.54) is 11.1 Å². The summed E-state index contributed by atoms with van der Waals surface area (Å²) >= 11 is 0. The van der Waals surface area contributed by atoms with Gasteiger partial charge >= 0.3 is 6.03 Å². The fourth-order valence-electron chi connectivity index (χ4n) is 5.00. The van der Waals surface area contributed by atoms with Gasteiger partial charge in [-0.05, 0) is 55.6 Å². The van der Waals surface area contributed by atoms with Crippen LogP contribution in [0.5, 0.6) is 0 Å². The number of para-hydroxylation sites is 1. The van der Waals surface area contributed by atoms with Crippen LogP contribution in [0.25, 0.3) is 0 Å². The third kappa shape index (κ3) is 5.76. The van der Waals surface area contributed by atoms with Crippen LogP contribution in [0.1, 0.15) is 77.3 Å². The van der Waals surface area contributed by atoms with E-state index < -0.39 is 0 Å². The molecule has 3 rings (SSSR count). The van der Waals surface area contributed by atoms with Crippen LogP contribution in [-0.2, 0) is 4.74 Å². The number of benzene rings is 1. The molecule has 0 aromatic heterocycles. The van der Waals surface area contributed by atoms with E-state index in [-0.39, 0.29) is 6.03 Å². The number of anilines is 1. The Morgan fingerprint density at radius 1 is 1.03 bits per heavy atom. The minimum atomic E-state index is 0.0528. The maximum absolute atomic E-state index is 13.1. The molecule has 2 aliphatic rings. The number of nitrogens with one attached hydrogen (secondary N) is 1. The predicted molar refractivity (Wildman–Crippen MR) is 124 cm³/mol. The first-order chi connectivity index (χ1) is 14.2. The summed E-state index contributed by atoms with van der Waals surface area (Å²) in [6.45, 7) is 17.9. The maximum Gasteiger partial charge on any atom is 0.321 e. The van der Waals surface area contributed by atoms with Gasteiger partial charge in [0.15, 0.2) is 0 Å². The van der Waals surface area contributed by atoms with E-state index >= 15 is 0 Å². The van der Waals surface area contributed by atoms with Crippen molar-refractivity contribution >= 4 is 11.7 Å². The molecule has 0 spiro atoms. The number of piperidine rings is 1. The summed E-state index contributed by atoms with van der Waals surface area (Å²) in [4.78, 5) is 17.6. The minimum absolute atomic E-state index is 0.0528. The number of amides is 2. The Morgan fingerprint density at radius 2 is 1.57 bits per heavy atom. The second-order valence-electron chi connectivity index (χ2n) is 9.96. The summed E-state index contributed by atoms with van der Waals surface area (Å²) in [6, 6.07) is 6.45. The van der Waals surface area contributed by atoms with Crippen molar-refractivity contribution in [3.8, 4) is 0 Å². The number of carbonyl (C=O) groups excluding carboxylic acids is 1. The lowest BCUT2D eigenvalue weighted by molar-refractivity contribution is -0.0728. The standard InChI is InChI=1S/C25H41N3O2/c1-17(2)22-8-7-9-23(18(3)4)24(22)26-25(29)28-12-10-21(11-13-28)16-27-14-19(5)30-20(6)15-27/h7-9,17-21H,10-16H2,1-6H3,(H,26,29)/t19-,20-/m1/s1. The zero-order valence-electron chi connectivity index (χ0n) is 19.8. The van der Waals surface area contributed by atoms with Crippen LogP contribution in [0.2, 0.25) is 0 Å². The van der Waals surface area contributed by atoms with Crippen molar-refractivity contribution in [1.82, 2.24) is 9.80 Å². The van der Waals surface area contributed by atoms with Crippen molar-refractivity contribution in [2.45, 2.75) is 78.4 Å². The van der Waals surface area contributed by atoms with E-state index in [0.29, 0.717) is 30.0 Å². The molecule has 2 saturated heterocycles. The number of urea groups is 1. The molecular weight excluding hydrogens is 374 g/mol. The highest BCUT2D eigenvalue weighted by Gasteiger charge is 2.28. The number of ether oxygens (including phenoxy) is 1. The monoisotopic (exact) mass is 415 g/mol. The molecule has 2 fully saturated rings. The second kappa shape index (κ2) is 10.1. The second-order valence-corrected chi connectivity index (χ2v) is 9.96. The Balaban J connectivity index is 1.57. The lowest BCUT2D eigenvalue weighted by Crippen LogP contribution is -2.49. The van der Waals surface area contributed by atoms with Gasteiger partial charge in [-0.15, -0.1) is 0 Å². The molecule has 2 heterocycles. The SMILES string of the molecule is CC(C)c1cccc(C(C)C)c1NC(=O)N1CCC(CN2C[C@@H](C)O[C@H](C)C2)CC1. The molecule has 5 heteroatoms. The van der Waals surface area contributed by atoms with E-state index in [9.17, 15) is 4.79 Å². The number of rotatable bonds is 5. The summed E-state index contributed by atoms with van der Waals surface area (Å²) < 4.78 is 5.86. The summed E-state index contributed by atoms with van der Waals surface area (Å²) in [5.74, 6) is 1.42. The molecular formula is C25H41N3O2. The van der Waals surface area contributed by atoms with Gasteiger partial charge < -0.3 is 15.0 Å². The first kappa shape index (κ1) is 23.1. The molecule has 2 aliphatic heterocycles. The van der Waals surface area contributed by atoms with E-state index in [1.54, 1.807) is 0 Å². The number of nitrogens with zero attached hydrogens (tertiary/aromatic N) is 2. The summed E-state index contributed by atoms with van der Waals surface area (Å²) in [6.07, 6.45) is 2.79. The van der Waals surface area contributed by atoms with Crippen LogP contribution in [0.3, 0.4) is 0 Å². The molecule has 2 amide bonds. The zero-order valence-corrected chi connectivity index (χ0v) is 19.8. The molecule has 0 radical (unpaired) electrons. The van der Waals surface area contributed by atoms with Gasteiger partial charge in [0.25, 0.3) is 0 Å². The van der Waals surface area contributed by atoms with Gasteiger partial charge in [0.1, 0.15) is 0 Å². The third-order valence-corrected chi connectivity index (χ3v) is 6.52. The van der Waals surface area contributed by atoms with E-state index in [4.69, 9.17) is 4.74 Å². The van der Waals surface area contributed by atoms with Gasteiger partial charge in [0, 0.05) is 38.4 Å². The van der Waals surface area contributed by atoms with Crippen molar-refractivity contribution in [2.75, 3.05) is 38.0 Å². The molecule has 1 aromatic rings. The molecule has 1 N–H and O–H groups in total. The average Bonchev–Trinajstić information content (AvgIpc) is 2.67. The van der Waals surface area contributed by atoms with E-state index in [0.717, 1.165) is 51.3 Å². The molecule has 0 saturated carbocycles. The molecule has 0 aliphatic carbocycles. The quantitative estimate of drug-likeness (QED) is 0.711. The molecule has 0 bridgehead atoms. The number of hydrogen-bond acceptors (Lipinski definition) is 3. The maximum atomic E-state index is 13.1. The first-order valence-electron chi connectivity index (χ1n) is 11.8. The van der Waals surface area contributed by atoms with E-state index in [2.05, 4.69) is 70.0 Å². The van der Waals surface area contributed by atoms with Crippen LogP contribution < -0.4 is 5.32 Å². The Labute approximate surface area is 183 Å². The molecule has 0 unspecified atom stereocenters. The Morgan fingerprint density at radius 3 is 2.07 bits per heavy atom. The third-order valence-electron chi connectivity index (χ3n) is 6.52. The number of morpholine rings is 1. The summed E-state index contributed by atoms with van der Waals surface area (Å²) in [7, 11) is 0. The smallest absolute Gasteiger partial charge is 0.321 e. The Kier molecular flexibility index (Phi) is 7.81. The average molecular weight is 416 g/mol. The molecule has 2 atom stereocenters. The summed E-state index contributed by atoms with van der Waals surface area (Å²) in [5, 5.41) is 3.28. The van der Waals surface area contributed by atoms with Gasteiger partial charge in [-0.25, -0.2) is 4.79 Å². The highest BCUT2D eigenvalue weighted by Crippen LogP contribution is 2.33. The lowest BCUT2D eigenvalue weighted by atomic mass is 9.92. The molecule has 30 heavy (non-hydrogen) atoms. The zero-order chi connectivity index (χ0) is 21.8. The highest BCUT2D eigenvalue weighted by molar-refractivity contribution is 5.91. The first-order valence-corrected chi connectivity index (χ1v) is 11.8. The lowest BCUT2D eigenvalue weighted by Gasteiger charge is -2.39. The van der Waals surface area contributed by atoms with E-state index in [1.807, 2.05) is 4.90 Å². The van der Waals surface area contributed by atoms with Gasteiger partial charge in [0.05, 0.1) is 12.2 Å². The van der Waals surface area contributed by atoms with Gasteiger partial charge in [0.2, 0.25) is 0 Å². The fourth-order valence-corrected chi connectivity index (χ4v) is 5.00. The topological polar surface area (TPSA) is 44.8 Å². The predicted octanol–water partition coefficient (Wildman–Crippen LogP) is 5.29. The van der Waals surface area contributed by atoms with Gasteiger partial charge in [-0.1, -0.05) is 45.9 Å². The van der Waals surface area contributed by atoms with Crippen LogP contribution in [-0.4, -0.2) is 60.8 Å². The fraction of sp³-hybridized carbons (Fsp3) is 0.720. The van der Waals surface area contributed by atoms with Crippen molar-refractivity contribution in [3.63, 3.8) is 0 Å². The molecule has 1 aromatic carbocycles. The molecule has 168 valence electrons. The molecule has 5 nitrogen and oxygen atoms in total. The number of hydrogen-bond donors (Lipinski definition) is 1. The van der Waals surface area contributed by atoms with Crippen LogP contribution in [0.4, 0.5) is 10.5 Å². The number of likely N-dealkylation sites (tertiary alicyclic amines) is 1. The van der Waals surface area contributed by atoms with Crippen LogP contribution in [0.15, 0.2) is 18.2 Å².